The van der Waals surface area contributed by atoms with Crippen LogP contribution in [0, 0.1) is 0 Å². The molecule has 1 atom stereocenters. The molecule has 1 heterocycles. The van der Waals surface area contributed by atoms with E-state index < -0.39 is 28.7 Å². The van der Waals surface area contributed by atoms with Gasteiger partial charge in [0.25, 0.3) is 0 Å². The van der Waals surface area contributed by atoms with Gasteiger partial charge in [0.2, 0.25) is 10.0 Å². The molecule has 0 spiro atoms. The van der Waals surface area contributed by atoms with E-state index in [1.807, 2.05) is 0 Å². The van der Waals surface area contributed by atoms with Crippen molar-refractivity contribution >= 4 is 10.0 Å². The molecule has 0 aliphatic carbocycles. The molecule has 106 valence electrons. The highest BCUT2D eigenvalue weighted by molar-refractivity contribution is 7.89. The minimum absolute atomic E-state index is 0.0454. The second-order valence-corrected chi connectivity index (χ2v) is 6.43. The molecule has 0 N–H and O–H groups in total. The van der Waals surface area contributed by atoms with Crippen LogP contribution in [0.4, 0.5) is 13.2 Å². The van der Waals surface area contributed by atoms with Crippen LogP contribution in [0.25, 0.3) is 0 Å². The lowest BCUT2D eigenvalue weighted by molar-refractivity contribution is -0.142. The summed E-state index contributed by atoms with van der Waals surface area (Å²) in [6.07, 6.45) is -4.71. The van der Waals surface area contributed by atoms with Crippen molar-refractivity contribution in [3.8, 4) is 0 Å². The fraction of sp³-hybridized carbons (Fsp3) is 0.500. The van der Waals surface area contributed by atoms with Gasteiger partial charge in [0.15, 0.2) is 0 Å². The molecule has 1 fully saturated rings. The van der Waals surface area contributed by atoms with Crippen LogP contribution in [0.5, 0.6) is 0 Å². The molecule has 1 aliphatic heterocycles. The molecule has 0 radical (unpaired) electrons. The summed E-state index contributed by atoms with van der Waals surface area (Å²) in [5, 5.41) is 0. The molecule has 19 heavy (non-hydrogen) atoms. The second-order valence-electron chi connectivity index (χ2n) is 4.54. The summed E-state index contributed by atoms with van der Waals surface area (Å²) in [5.74, 6) is 0. The molecule has 0 amide bonds. The van der Waals surface area contributed by atoms with E-state index in [9.17, 15) is 21.6 Å². The van der Waals surface area contributed by atoms with Crippen molar-refractivity contribution in [3.05, 3.63) is 30.3 Å². The lowest BCUT2D eigenvalue weighted by Crippen LogP contribution is -2.38. The fourth-order valence-corrected chi connectivity index (χ4v) is 4.04. The average Bonchev–Trinajstić information content (AvgIpc) is 2.76. The van der Waals surface area contributed by atoms with Crippen LogP contribution in [0.15, 0.2) is 35.2 Å². The molecule has 0 aromatic heterocycles. The van der Waals surface area contributed by atoms with E-state index in [0.29, 0.717) is 6.42 Å². The van der Waals surface area contributed by atoms with Gasteiger partial charge in [0, 0.05) is 12.6 Å². The molecule has 1 saturated heterocycles. The summed E-state index contributed by atoms with van der Waals surface area (Å²) in [5.41, 5.74) is 0. The predicted molar refractivity (Wildman–Crippen MR) is 64.0 cm³/mol. The Morgan fingerprint density at radius 3 is 2.42 bits per heavy atom. The lowest BCUT2D eigenvalue weighted by Gasteiger charge is -2.24. The number of benzene rings is 1. The van der Waals surface area contributed by atoms with Gasteiger partial charge in [-0.15, -0.1) is 0 Å². The normalized spacial score (nSPS) is 21.7. The van der Waals surface area contributed by atoms with Crippen molar-refractivity contribution in [2.75, 3.05) is 6.54 Å². The Labute approximate surface area is 110 Å². The van der Waals surface area contributed by atoms with E-state index in [1.54, 1.807) is 18.2 Å². The third-order valence-corrected chi connectivity index (χ3v) is 5.11. The van der Waals surface area contributed by atoms with Gasteiger partial charge in [-0.3, -0.25) is 0 Å². The van der Waals surface area contributed by atoms with Crippen molar-refractivity contribution in [1.82, 2.24) is 4.31 Å². The van der Waals surface area contributed by atoms with Gasteiger partial charge in [0.1, 0.15) is 0 Å². The van der Waals surface area contributed by atoms with Crippen LogP contribution < -0.4 is 0 Å². The van der Waals surface area contributed by atoms with E-state index in [2.05, 4.69) is 0 Å². The number of hydrogen-bond acceptors (Lipinski definition) is 2. The molecule has 0 saturated carbocycles. The van der Waals surface area contributed by atoms with Crippen molar-refractivity contribution in [2.24, 2.45) is 0 Å². The molecule has 1 unspecified atom stereocenters. The number of alkyl halides is 3. The van der Waals surface area contributed by atoms with Crippen LogP contribution >= 0.6 is 0 Å². The Kier molecular flexibility index (Phi) is 3.87. The second kappa shape index (κ2) is 5.13. The topological polar surface area (TPSA) is 37.4 Å². The number of hydrogen-bond donors (Lipinski definition) is 0. The van der Waals surface area contributed by atoms with Crippen molar-refractivity contribution in [2.45, 2.75) is 36.4 Å². The van der Waals surface area contributed by atoms with Crippen LogP contribution in [-0.2, 0) is 10.0 Å². The first-order chi connectivity index (χ1) is 8.81. The van der Waals surface area contributed by atoms with Crippen LogP contribution in [-0.4, -0.2) is 31.5 Å². The van der Waals surface area contributed by atoms with E-state index in [0.717, 1.165) is 4.31 Å². The third kappa shape index (κ3) is 3.27. The number of halogens is 3. The largest absolute Gasteiger partial charge is 0.390 e. The van der Waals surface area contributed by atoms with Gasteiger partial charge in [-0.1, -0.05) is 18.2 Å². The third-order valence-electron chi connectivity index (χ3n) is 3.14. The smallest absolute Gasteiger partial charge is 0.207 e. The van der Waals surface area contributed by atoms with Gasteiger partial charge in [-0.25, -0.2) is 8.42 Å². The minimum Gasteiger partial charge on any atom is -0.207 e. The molecule has 1 aromatic rings. The average molecular weight is 293 g/mol. The number of sulfonamides is 1. The highest BCUT2D eigenvalue weighted by Gasteiger charge is 2.41. The van der Waals surface area contributed by atoms with E-state index in [1.165, 1.54) is 12.1 Å². The van der Waals surface area contributed by atoms with E-state index >= 15 is 0 Å². The zero-order valence-corrected chi connectivity index (χ0v) is 10.9. The molecular formula is C12H14F3NO2S. The maximum atomic E-state index is 12.4. The summed E-state index contributed by atoms with van der Waals surface area (Å²) in [7, 11) is -3.83. The summed E-state index contributed by atoms with van der Waals surface area (Å²) in [4.78, 5) is 0.0454. The Morgan fingerprint density at radius 2 is 1.84 bits per heavy atom. The SMILES string of the molecule is O=S(=O)(c1ccccc1)N1CCCC1CC(F)(F)F. The first-order valence-corrected chi connectivity index (χ1v) is 7.38. The zero-order valence-electron chi connectivity index (χ0n) is 10.1. The lowest BCUT2D eigenvalue weighted by atomic mass is 10.1. The van der Waals surface area contributed by atoms with Gasteiger partial charge in [-0.05, 0) is 25.0 Å². The van der Waals surface area contributed by atoms with Crippen molar-refractivity contribution in [1.29, 1.82) is 0 Å². The molecule has 7 heteroatoms. The quantitative estimate of drug-likeness (QED) is 0.859. The summed E-state index contributed by atoms with van der Waals surface area (Å²) in [6, 6.07) is 6.60. The first-order valence-electron chi connectivity index (χ1n) is 5.94. The minimum atomic E-state index is -4.35. The Balaban J connectivity index is 2.25. The van der Waals surface area contributed by atoms with E-state index in [-0.39, 0.29) is 17.9 Å². The van der Waals surface area contributed by atoms with Gasteiger partial charge >= 0.3 is 6.18 Å². The number of nitrogens with zero attached hydrogens (tertiary/aromatic N) is 1. The summed E-state index contributed by atoms with van der Waals surface area (Å²) < 4.78 is 62.9. The highest BCUT2D eigenvalue weighted by atomic mass is 32.2. The van der Waals surface area contributed by atoms with Crippen molar-refractivity contribution < 1.29 is 21.6 Å². The predicted octanol–water partition coefficient (Wildman–Crippen LogP) is 2.79. The van der Waals surface area contributed by atoms with Gasteiger partial charge in [-0.2, -0.15) is 17.5 Å². The monoisotopic (exact) mass is 293 g/mol. The Bertz CT molecular complexity index is 528. The molecule has 1 aliphatic rings. The van der Waals surface area contributed by atoms with Crippen LogP contribution in [0.3, 0.4) is 0 Å². The van der Waals surface area contributed by atoms with Crippen LogP contribution in [0.1, 0.15) is 19.3 Å². The van der Waals surface area contributed by atoms with Crippen LogP contribution in [0.2, 0.25) is 0 Å². The molecule has 0 bridgehead atoms. The van der Waals surface area contributed by atoms with Gasteiger partial charge in [0.05, 0.1) is 11.3 Å². The van der Waals surface area contributed by atoms with Crippen molar-refractivity contribution in [3.63, 3.8) is 0 Å². The molecule has 1 aromatic carbocycles. The zero-order chi connectivity index (χ0) is 14.1. The first kappa shape index (κ1) is 14.3. The molecule has 3 nitrogen and oxygen atoms in total. The highest BCUT2D eigenvalue weighted by Crippen LogP contribution is 2.33. The summed E-state index contributed by atoms with van der Waals surface area (Å²) >= 11 is 0. The molecule has 2 rings (SSSR count). The maximum Gasteiger partial charge on any atom is 0.390 e. The fourth-order valence-electron chi connectivity index (χ4n) is 2.32. The molecular weight excluding hydrogens is 279 g/mol. The maximum absolute atomic E-state index is 12.4. The van der Waals surface area contributed by atoms with Gasteiger partial charge < -0.3 is 0 Å². The Hall–Kier alpha value is -1.08. The standard InChI is InChI=1S/C12H14F3NO2S/c13-12(14,15)9-10-5-4-8-16(10)19(17,18)11-6-2-1-3-7-11/h1-3,6-7,10H,4-5,8-9H2. The Morgan fingerprint density at radius 1 is 1.21 bits per heavy atom. The number of rotatable bonds is 3. The van der Waals surface area contributed by atoms with E-state index in [4.69, 9.17) is 0 Å². The summed E-state index contributed by atoms with van der Waals surface area (Å²) in [6.45, 7) is 0.151.